The van der Waals surface area contributed by atoms with Crippen molar-refractivity contribution in [1.29, 1.82) is 0 Å². The van der Waals surface area contributed by atoms with Crippen molar-refractivity contribution in [2.75, 3.05) is 17.7 Å². The summed E-state index contributed by atoms with van der Waals surface area (Å²) in [6.07, 6.45) is 5.39. The first-order valence-corrected chi connectivity index (χ1v) is 8.70. The number of benzene rings is 1. The Kier molecular flexibility index (Phi) is 4.24. The molecule has 1 saturated carbocycles. The predicted octanol–water partition coefficient (Wildman–Crippen LogP) is 2.89. The predicted molar refractivity (Wildman–Crippen MR) is 101 cm³/mol. The van der Waals surface area contributed by atoms with Gasteiger partial charge in [-0.25, -0.2) is 9.37 Å². The molecule has 1 aliphatic carbocycles. The first-order chi connectivity index (χ1) is 13.0. The molecular formula is C20H19FN4O2. The van der Waals surface area contributed by atoms with Gasteiger partial charge in [-0.2, -0.15) is 0 Å². The number of halogens is 1. The van der Waals surface area contributed by atoms with Gasteiger partial charge >= 0.3 is 0 Å². The van der Waals surface area contributed by atoms with Crippen molar-refractivity contribution < 1.29 is 14.3 Å². The molecule has 138 valence electrons. The maximum Gasteiger partial charge on any atom is 0.229 e. The summed E-state index contributed by atoms with van der Waals surface area (Å²) in [6.45, 7) is 1.88. The first-order valence-electron chi connectivity index (χ1n) is 8.70. The molecule has 2 heterocycles. The molecule has 0 unspecified atom stereocenters. The molecule has 4 rings (SSSR count). The Balaban J connectivity index is 1.73. The van der Waals surface area contributed by atoms with Crippen LogP contribution in [0.5, 0.6) is 0 Å². The average molecular weight is 366 g/mol. The summed E-state index contributed by atoms with van der Waals surface area (Å²) >= 11 is 0. The lowest BCUT2D eigenvalue weighted by Crippen LogP contribution is -2.16. The number of carbonyl (C=O) groups is 1. The summed E-state index contributed by atoms with van der Waals surface area (Å²) in [7, 11) is 0. The summed E-state index contributed by atoms with van der Waals surface area (Å²) in [5, 5.41) is 13.0. The van der Waals surface area contributed by atoms with Gasteiger partial charge in [-0.15, -0.1) is 0 Å². The van der Waals surface area contributed by atoms with E-state index < -0.39 is 5.82 Å². The molecule has 1 aliphatic rings. The lowest BCUT2D eigenvalue weighted by Gasteiger charge is -2.12. The van der Waals surface area contributed by atoms with Gasteiger partial charge in [-0.05, 0) is 48.4 Å². The summed E-state index contributed by atoms with van der Waals surface area (Å²) in [5.41, 5.74) is 7.92. The quantitative estimate of drug-likeness (QED) is 0.617. The van der Waals surface area contributed by atoms with E-state index in [9.17, 15) is 9.18 Å². The van der Waals surface area contributed by atoms with Crippen LogP contribution in [0.25, 0.3) is 21.9 Å². The molecule has 1 fully saturated rings. The van der Waals surface area contributed by atoms with Crippen molar-refractivity contribution >= 4 is 28.2 Å². The van der Waals surface area contributed by atoms with E-state index in [1.165, 1.54) is 6.20 Å². The van der Waals surface area contributed by atoms with Crippen LogP contribution in [0, 0.1) is 24.6 Å². The number of hydrogen-bond donors (Lipinski definition) is 3. The molecule has 6 nitrogen and oxygen atoms in total. The second-order valence-corrected chi connectivity index (χ2v) is 6.91. The number of carbonyl (C=O) groups excluding carboxylic acids is 1. The van der Waals surface area contributed by atoms with Crippen LogP contribution in [-0.4, -0.2) is 27.6 Å². The molecule has 4 N–H and O–H groups in total. The van der Waals surface area contributed by atoms with Gasteiger partial charge in [0.1, 0.15) is 5.82 Å². The zero-order valence-corrected chi connectivity index (χ0v) is 14.7. The molecule has 1 amide bonds. The second-order valence-electron chi connectivity index (χ2n) is 6.91. The maximum absolute atomic E-state index is 14.8. The Hall–Kier alpha value is -3.06. The van der Waals surface area contributed by atoms with Crippen molar-refractivity contribution in [2.24, 2.45) is 11.8 Å². The first kappa shape index (κ1) is 17.4. The van der Waals surface area contributed by atoms with E-state index >= 15 is 0 Å². The number of nitrogens with two attached hydrogens (primary N) is 1. The molecule has 2 atom stereocenters. The maximum atomic E-state index is 14.8. The number of pyridine rings is 2. The van der Waals surface area contributed by atoms with E-state index in [-0.39, 0.29) is 30.0 Å². The van der Waals surface area contributed by atoms with E-state index in [1.54, 1.807) is 30.6 Å². The Morgan fingerprint density at radius 2 is 2.19 bits per heavy atom. The number of hydrogen-bond acceptors (Lipinski definition) is 5. The average Bonchev–Trinajstić information content (AvgIpc) is 3.45. The van der Waals surface area contributed by atoms with Crippen molar-refractivity contribution in [3.63, 3.8) is 0 Å². The second kappa shape index (κ2) is 6.59. The third-order valence-corrected chi connectivity index (χ3v) is 5.07. The van der Waals surface area contributed by atoms with Crippen molar-refractivity contribution in [3.8, 4) is 11.1 Å². The van der Waals surface area contributed by atoms with Crippen molar-refractivity contribution in [1.82, 2.24) is 9.97 Å². The van der Waals surface area contributed by atoms with Gasteiger partial charge in [-0.1, -0.05) is 0 Å². The normalized spacial score (nSPS) is 18.5. The number of amides is 1. The molecule has 0 radical (unpaired) electrons. The smallest absolute Gasteiger partial charge is 0.229 e. The number of aliphatic hydroxyl groups excluding tert-OH is 1. The van der Waals surface area contributed by atoms with E-state index in [4.69, 9.17) is 10.8 Å². The number of aliphatic hydroxyl groups is 1. The topological polar surface area (TPSA) is 101 Å². The van der Waals surface area contributed by atoms with Gasteiger partial charge in [0.15, 0.2) is 5.82 Å². The molecule has 0 saturated heterocycles. The van der Waals surface area contributed by atoms with Gasteiger partial charge in [0.05, 0.1) is 5.69 Å². The SMILES string of the molecule is Cc1ccncc1-c1cc2cc(NC(=O)[C@H]3C[C@H]3CO)ncc2c(N)c1F. The number of nitrogen functional groups attached to an aromatic ring is 1. The Morgan fingerprint density at radius 3 is 2.89 bits per heavy atom. The molecule has 0 aliphatic heterocycles. The highest BCUT2D eigenvalue weighted by atomic mass is 19.1. The molecule has 7 heteroatoms. The van der Waals surface area contributed by atoms with Gasteiger partial charge in [0.25, 0.3) is 0 Å². The van der Waals surface area contributed by atoms with Crippen LogP contribution in [0.3, 0.4) is 0 Å². The molecule has 1 aromatic carbocycles. The van der Waals surface area contributed by atoms with E-state index in [1.807, 2.05) is 6.92 Å². The summed E-state index contributed by atoms with van der Waals surface area (Å²) in [6, 6.07) is 5.17. The van der Waals surface area contributed by atoms with Crippen LogP contribution < -0.4 is 11.1 Å². The zero-order chi connectivity index (χ0) is 19.1. The molecular weight excluding hydrogens is 347 g/mol. The minimum atomic E-state index is -0.513. The monoisotopic (exact) mass is 366 g/mol. The number of aryl methyl sites for hydroxylation is 1. The van der Waals surface area contributed by atoms with Crippen LogP contribution in [-0.2, 0) is 4.79 Å². The zero-order valence-electron chi connectivity index (χ0n) is 14.7. The van der Waals surface area contributed by atoms with Gasteiger partial charge in [0, 0.05) is 47.6 Å². The highest BCUT2D eigenvalue weighted by molar-refractivity contribution is 6.00. The highest BCUT2D eigenvalue weighted by Gasteiger charge is 2.42. The number of fused-ring (bicyclic) bond motifs is 1. The number of nitrogens with zero attached hydrogens (tertiary/aromatic N) is 2. The van der Waals surface area contributed by atoms with Crippen LogP contribution in [0.2, 0.25) is 0 Å². The van der Waals surface area contributed by atoms with Crippen molar-refractivity contribution in [3.05, 3.63) is 48.2 Å². The fraction of sp³-hybridized carbons (Fsp3) is 0.250. The number of nitrogens with one attached hydrogen (secondary N) is 1. The third kappa shape index (κ3) is 3.10. The van der Waals surface area contributed by atoms with Gasteiger partial charge in [0.2, 0.25) is 5.91 Å². The lowest BCUT2D eigenvalue weighted by atomic mass is 9.98. The fourth-order valence-corrected chi connectivity index (χ4v) is 3.30. The molecule has 2 aromatic heterocycles. The highest BCUT2D eigenvalue weighted by Crippen LogP contribution is 2.39. The molecule has 27 heavy (non-hydrogen) atoms. The Labute approximate surface area is 155 Å². The fourth-order valence-electron chi connectivity index (χ4n) is 3.30. The van der Waals surface area contributed by atoms with Crippen molar-refractivity contribution in [2.45, 2.75) is 13.3 Å². The molecule has 0 spiro atoms. The van der Waals surface area contributed by atoms with E-state index in [2.05, 4.69) is 15.3 Å². The Morgan fingerprint density at radius 1 is 1.37 bits per heavy atom. The summed E-state index contributed by atoms with van der Waals surface area (Å²) < 4.78 is 14.8. The van der Waals surface area contributed by atoms with Crippen LogP contribution in [0.15, 0.2) is 36.8 Å². The largest absolute Gasteiger partial charge is 0.396 e. The van der Waals surface area contributed by atoms with E-state index in [0.717, 1.165) is 5.56 Å². The van der Waals surface area contributed by atoms with Gasteiger partial charge < -0.3 is 16.2 Å². The summed E-state index contributed by atoms with van der Waals surface area (Å²) in [4.78, 5) is 20.4. The molecule has 3 aromatic rings. The Bertz CT molecular complexity index is 1050. The number of aromatic nitrogens is 2. The summed E-state index contributed by atoms with van der Waals surface area (Å²) in [5.74, 6) is -0.467. The standard InChI is InChI=1S/C20H19FN4O2/c1-10-2-3-23-7-15(10)14-4-11-6-17(24-8-16(11)19(22)18(14)21)25-20(27)13-5-12(13)9-26/h2-4,6-8,12-13,26H,5,9,22H2,1H3,(H,24,25,27)/t12-,13-/m0/s1. The van der Waals surface area contributed by atoms with E-state index in [0.29, 0.717) is 34.1 Å². The number of rotatable bonds is 4. The van der Waals surface area contributed by atoms with Crippen LogP contribution in [0.1, 0.15) is 12.0 Å². The van der Waals surface area contributed by atoms with Gasteiger partial charge in [-0.3, -0.25) is 9.78 Å². The van der Waals surface area contributed by atoms with Crippen LogP contribution in [0.4, 0.5) is 15.9 Å². The lowest BCUT2D eigenvalue weighted by molar-refractivity contribution is -0.117. The minimum Gasteiger partial charge on any atom is -0.396 e. The third-order valence-electron chi connectivity index (χ3n) is 5.07. The minimum absolute atomic E-state index is 0.00681. The van der Waals surface area contributed by atoms with Crippen LogP contribution >= 0.6 is 0 Å². The molecule has 0 bridgehead atoms. The number of anilines is 2.